The van der Waals surface area contributed by atoms with Crippen molar-refractivity contribution >= 4 is 17.7 Å². The molecule has 0 aliphatic carbocycles. The molecule has 0 unspecified atom stereocenters. The Labute approximate surface area is 190 Å². The number of rotatable bonds is 9. The van der Waals surface area contributed by atoms with Crippen molar-refractivity contribution in [3.63, 3.8) is 0 Å². The van der Waals surface area contributed by atoms with Crippen LogP contribution in [-0.4, -0.2) is 43.4 Å². The average molecular weight is 450 g/mol. The lowest BCUT2D eigenvalue weighted by Gasteiger charge is -2.21. The summed E-state index contributed by atoms with van der Waals surface area (Å²) in [6.45, 7) is 2.71. The lowest BCUT2D eigenvalue weighted by atomic mass is 10.2. The molecule has 164 valence electrons. The fourth-order valence-electron chi connectivity index (χ4n) is 3.22. The summed E-state index contributed by atoms with van der Waals surface area (Å²) in [5.41, 5.74) is 1.86. The summed E-state index contributed by atoms with van der Waals surface area (Å²) in [5.74, 6) is 2.43. The van der Waals surface area contributed by atoms with Crippen LogP contribution < -0.4 is 4.74 Å². The van der Waals surface area contributed by atoms with Gasteiger partial charge in [0.2, 0.25) is 5.91 Å². The standard InChI is InChI=1S/C23H23N5O3S/c1-17-25-26-23(28(17)19-7-9-20(30-2)10-8-19)32-16-22(29)27(15-21-6-4-12-31-21)14-18-5-3-11-24-13-18/h3-13H,14-16H2,1-2H3. The monoisotopic (exact) mass is 449 g/mol. The number of carbonyl (C=O) groups is 1. The van der Waals surface area contributed by atoms with Gasteiger partial charge in [0.05, 0.1) is 25.7 Å². The molecule has 3 aromatic heterocycles. The zero-order chi connectivity index (χ0) is 22.3. The van der Waals surface area contributed by atoms with E-state index in [4.69, 9.17) is 9.15 Å². The van der Waals surface area contributed by atoms with E-state index in [1.807, 2.05) is 60.0 Å². The minimum atomic E-state index is -0.0304. The number of ether oxygens (including phenoxy) is 1. The number of aromatic nitrogens is 4. The lowest BCUT2D eigenvalue weighted by molar-refractivity contribution is -0.129. The normalized spacial score (nSPS) is 10.8. The van der Waals surface area contributed by atoms with Gasteiger partial charge in [-0.1, -0.05) is 17.8 Å². The van der Waals surface area contributed by atoms with Gasteiger partial charge in [-0.3, -0.25) is 14.3 Å². The first-order valence-electron chi connectivity index (χ1n) is 10.0. The van der Waals surface area contributed by atoms with Crippen molar-refractivity contribution < 1.29 is 13.9 Å². The molecule has 3 heterocycles. The van der Waals surface area contributed by atoms with Gasteiger partial charge in [0, 0.05) is 24.6 Å². The summed E-state index contributed by atoms with van der Waals surface area (Å²) in [6, 6.07) is 15.1. The third kappa shape index (κ3) is 5.17. The van der Waals surface area contributed by atoms with E-state index < -0.39 is 0 Å². The predicted octanol–water partition coefficient (Wildman–Crippen LogP) is 3.89. The topological polar surface area (TPSA) is 86.3 Å². The Bertz CT molecular complexity index is 1140. The van der Waals surface area contributed by atoms with Crippen LogP contribution in [0.1, 0.15) is 17.1 Å². The third-order valence-electron chi connectivity index (χ3n) is 4.83. The molecule has 0 bridgehead atoms. The molecule has 0 saturated carbocycles. The van der Waals surface area contributed by atoms with Crippen molar-refractivity contribution in [2.45, 2.75) is 25.2 Å². The van der Waals surface area contributed by atoms with E-state index in [2.05, 4.69) is 15.2 Å². The predicted molar refractivity (Wildman–Crippen MR) is 121 cm³/mol. The number of furan rings is 1. The van der Waals surface area contributed by atoms with Crippen LogP contribution in [0.25, 0.3) is 5.69 Å². The molecule has 0 aliphatic heterocycles. The van der Waals surface area contributed by atoms with Crippen LogP contribution in [0.15, 0.2) is 76.8 Å². The van der Waals surface area contributed by atoms with Crippen LogP contribution in [0.3, 0.4) is 0 Å². The Hall–Kier alpha value is -3.59. The molecular formula is C23H23N5O3S. The van der Waals surface area contributed by atoms with Crippen LogP contribution in [0, 0.1) is 6.92 Å². The molecule has 4 aromatic rings. The molecule has 9 heteroatoms. The van der Waals surface area contributed by atoms with Gasteiger partial charge in [-0.15, -0.1) is 10.2 Å². The van der Waals surface area contributed by atoms with Crippen LogP contribution in [0.5, 0.6) is 5.75 Å². The zero-order valence-electron chi connectivity index (χ0n) is 17.8. The first kappa shape index (κ1) is 21.6. The van der Waals surface area contributed by atoms with Crippen LogP contribution in [0.4, 0.5) is 0 Å². The van der Waals surface area contributed by atoms with Crippen molar-refractivity contribution in [3.05, 3.63) is 84.3 Å². The fourth-order valence-corrected chi connectivity index (χ4v) is 4.12. The number of pyridine rings is 1. The Morgan fingerprint density at radius 2 is 1.97 bits per heavy atom. The molecule has 0 radical (unpaired) electrons. The van der Waals surface area contributed by atoms with E-state index in [1.165, 1.54) is 11.8 Å². The van der Waals surface area contributed by atoms with Crippen molar-refractivity contribution in [1.82, 2.24) is 24.6 Å². The number of thioether (sulfide) groups is 1. The molecule has 32 heavy (non-hydrogen) atoms. The van der Waals surface area contributed by atoms with E-state index in [9.17, 15) is 4.79 Å². The SMILES string of the molecule is COc1ccc(-n2c(C)nnc2SCC(=O)N(Cc2cccnc2)Cc2ccco2)cc1. The Kier molecular flexibility index (Phi) is 6.86. The van der Waals surface area contributed by atoms with E-state index in [0.29, 0.717) is 18.2 Å². The van der Waals surface area contributed by atoms with Gasteiger partial charge in [0.1, 0.15) is 17.3 Å². The Balaban J connectivity index is 1.49. The number of nitrogens with zero attached hydrogens (tertiary/aromatic N) is 5. The molecule has 1 aromatic carbocycles. The molecular weight excluding hydrogens is 426 g/mol. The maximum atomic E-state index is 13.2. The van der Waals surface area contributed by atoms with Gasteiger partial charge >= 0.3 is 0 Å². The van der Waals surface area contributed by atoms with Gasteiger partial charge in [0.25, 0.3) is 0 Å². The fraction of sp³-hybridized carbons (Fsp3) is 0.217. The first-order valence-corrected chi connectivity index (χ1v) is 11.0. The summed E-state index contributed by atoms with van der Waals surface area (Å²) in [6.07, 6.45) is 5.09. The Morgan fingerprint density at radius 1 is 1.12 bits per heavy atom. The number of hydrogen-bond donors (Lipinski definition) is 0. The van der Waals surface area contributed by atoms with Gasteiger partial charge in [-0.25, -0.2) is 0 Å². The molecule has 0 spiro atoms. The van der Waals surface area contributed by atoms with Crippen molar-refractivity contribution in [3.8, 4) is 11.4 Å². The van der Waals surface area contributed by atoms with Gasteiger partial charge in [-0.05, 0) is 55.0 Å². The number of benzene rings is 1. The summed E-state index contributed by atoms with van der Waals surface area (Å²) >= 11 is 1.35. The van der Waals surface area contributed by atoms with Crippen LogP contribution >= 0.6 is 11.8 Å². The second-order valence-electron chi connectivity index (χ2n) is 7.04. The maximum absolute atomic E-state index is 13.2. The zero-order valence-corrected chi connectivity index (χ0v) is 18.7. The number of methoxy groups -OCH3 is 1. The minimum Gasteiger partial charge on any atom is -0.497 e. The molecule has 4 rings (SSSR count). The average Bonchev–Trinajstić information content (AvgIpc) is 3.47. The molecule has 8 nitrogen and oxygen atoms in total. The number of aryl methyl sites for hydroxylation is 1. The second-order valence-corrected chi connectivity index (χ2v) is 7.98. The molecule has 0 saturated heterocycles. The van der Waals surface area contributed by atoms with Crippen LogP contribution in [-0.2, 0) is 17.9 Å². The molecule has 0 aliphatic rings. The number of hydrogen-bond acceptors (Lipinski definition) is 7. The largest absolute Gasteiger partial charge is 0.497 e. The van der Waals surface area contributed by atoms with E-state index in [-0.39, 0.29) is 11.7 Å². The highest BCUT2D eigenvalue weighted by atomic mass is 32.2. The van der Waals surface area contributed by atoms with Gasteiger partial charge in [-0.2, -0.15) is 0 Å². The summed E-state index contributed by atoms with van der Waals surface area (Å²) in [5, 5.41) is 9.12. The molecule has 0 N–H and O–H groups in total. The van der Waals surface area contributed by atoms with Crippen LogP contribution in [0.2, 0.25) is 0 Å². The summed E-state index contributed by atoms with van der Waals surface area (Å²) in [7, 11) is 1.63. The van der Waals surface area contributed by atoms with Gasteiger partial charge < -0.3 is 14.1 Å². The highest BCUT2D eigenvalue weighted by molar-refractivity contribution is 7.99. The first-order chi connectivity index (χ1) is 15.6. The van der Waals surface area contributed by atoms with E-state index >= 15 is 0 Å². The van der Waals surface area contributed by atoms with Crippen molar-refractivity contribution in [2.24, 2.45) is 0 Å². The molecule has 0 fully saturated rings. The third-order valence-corrected chi connectivity index (χ3v) is 5.74. The minimum absolute atomic E-state index is 0.0304. The van der Waals surface area contributed by atoms with E-state index in [0.717, 1.165) is 28.6 Å². The molecule has 1 amide bonds. The van der Waals surface area contributed by atoms with Crippen molar-refractivity contribution in [2.75, 3.05) is 12.9 Å². The van der Waals surface area contributed by atoms with Gasteiger partial charge in [0.15, 0.2) is 5.16 Å². The summed E-state index contributed by atoms with van der Waals surface area (Å²) in [4.78, 5) is 19.1. The highest BCUT2D eigenvalue weighted by Gasteiger charge is 2.19. The van der Waals surface area contributed by atoms with E-state index in [1.54, 1.807) is 30.7 Å². The lowest BCUT2D eigenvalue weighted by Crippen LogP contribution is -2.31. The molecule has 0 atom stereocenters. The maximum Gasteiger partial charge on any atom is 0.233 e. The Morgan fingerprint density at radius 3 is 2.66 bits per heavy atom. The highest BCUT2D eigenvalue weighted by Crippen LogP contribution is 2.24. The second kappa shape index (κ2) is 10.1. The number of amides is 1. The summed E-state index contributed by atoms with van der Waals surface area (Å²) < 4.78 is 12.6. The quantitative estimate of drug-likeness (QED) is 0.358. The van der Waals surface area contributed by atoms with Crippen molar-refractivity contribution in [1.29, 1.82) is 0 Å². The number of carbonyl (C=O) groups excluding carboxylic acids is 1. The smallest absolute Gasteiger partial charge is 0.233 e.